The molecule has 0 bridgehead atoms. The van der Waals surface area contributed by atoms with E-state index in [1.165, 1.54) is 38.8 Å². The Morgan fingerprint density at radius 2 is 2.21 bits per heavy atom. The molecule has 0 spiro atoms. The van der Waals surface area contributed by atoms with E-state index in [4.69, 9.17) is 4.74 Å². The third-order valence-corrected chi connectivity index (χ3v) is 2.91. The zero-order valence-electron chi connectivity index (χ0n) is 9.72. The molecule has 1 N–H and O–H groups in total. The van der Waals surface area contributed by atoms with E-state index in [-0.39, 0.29) is 0 Å². The Morgan fingerprint density at radius 1 is 1.36 bits per heavy atom. The zero-order chi connectivity index (χ0) is 10.2. The summed E-state index contributed by atoms with van der Waals surface area (Å²) in [6, 6.07) is 0. The standard InChI is InChI=1S/C12H25NO/c1-11(2)5-8-14-9-6-12-4-3-7-13-10-12/h11-13H,3-10H2,1-2H3. The molecule has 0 aromatic heterocycles. The second-order valence-corrected chi connectivity index (χ2v) is 4.80. The third kappa shape index (κ3) is 5.61. The molecule has 1 aliphatic heterocycles. The highest BCUT2D eigenvalue weighted by molar-refractivity contribution is 4.68. The summed E-state index contributed by atoms with van der Waals surface area (Å²) in [5.74, 6) is 1.63. The Morgan fingerprint density at radius 3 is 2.86 bits per heavy atom. The molecule has 14 heavy (non-hydrogen) atoms. The fourth-order valence-corrected chi connectivity index (χ4v) is 1.84. The van der Waals surface area contributed by atoms with Crippen LogP contribution in [0.5, 0.6) is 0 Å². The molecule has 2 heteroatoms. The molecule has 1 heterocycles. The van der Waals surface area contributed by atoms with Crippen molar-refractivity contribution in [2.24, 2.45) is 11.8 Å². The summed E-state index contributed by atoms with van der Waals surface area (Å²) in [6.07, 6.45) is 5.17. The largest absolute Gasteiger partial charge is 0.381 e. The lowest BCUT2D eigenvalue weighted by Gasteiger charge is -2.22. The predicted octanol–water partition coefficient (Wildman–Crippen LogP) is 2.44. The van der Waals surface area contributed by atoms with E-state index >= 15 is 0 Å². The van der Waals surface area contributed by atoms with E-state index in [1.807, 2.05) is 0 Å². The summed E-state index contributed by atoms with van der Waals surface area (Å²) in [7, 11) is 0. The van der Waals surface area contributed by atoms with Crippen molar-refractivity contribution in [3.8, 4) is 0 Å². The van der Waals surface area contributed by atoms with Crippen LogP contribution in [0.2, 0.25) is 0 Å². The molecule has 2 nitrogen and oxygen atoms in total. The van der Waals surface area contributed by atoms with Crippen molar-refractivity contribution >= 4 is 0 Å². The lowest BCUT2D eigenvalue weighted by atomic mass is 9.97. The first-order valence-corrected chi connectivity index (χ1v) is 6.07. The van der Waals surface area contributed by atoms with Crippen LogP contribution < -0.4 is 5.32 Å². The first kappa shape index (κ1) is 12.0. The van der Waals surface area contributed by atoms with E-state index in [0.29, 0.717) is 0 Å². The van der Waals surface area contributed by atoms with Crippen molar-refractivity contribution in [3.63, 3.8) is 0 Å². The molecule has 1 unspecified atom stereocenters. The summed E-state index contributed by atoms with van der Waals surface area (Å²) in [5, 5.41) is 3.44. The minimum atomic E-state index is 0.770. The second kappa shape index (κ2) is 7.24. The molecule has 1 aliphatic rings. The Labute approximate surface area is 88.4 Å². The molecule has 0 radical (unpaired) electrons. The maximum atomic E-state index is 5.62. The smallest absolute Gasteiger partial charge is 0.0469 e. The van der Waals surface area contributed by atoms with Crippen molar-refractivity contribution in [3.05, 3.63) is 0 Å². The lowest BCUT2D eigenvalue weighted by molar-refractivity contribution is 0.107. The van der Waals surface area contributed by atoms with Crippen LogP contribution in [-0.4, -0.2) is 26.3 Å². The molecule has 0 aliphatic carbocycles. The molecule has 1 saturated heterocycles. The maximum Gasteiger partial charge on any atom is 0.0469 e. The van der Waals surface area contributed by atoms with E-state index in [9.17, 15) is 0 Å². The fourth-order valence-electron chi connectivity index (χ4n) is 1.84. The van der Waals surface area contributed by atoms with Crippen molar-refractivity contribution in [2.45, 2.75) is 39.5 Å². The van der Waals surface area contributed by atoms with Gasteiger partial charge in [0.25, 0.3) is 0 Å². The van der Waals surface area contributed by atoms with Crippen LogP contribution in [0.4, 0.5) is 0 Å². The molecular weight excluding hydrogens is 174 g/mol. The summed E-state index contributed by atoms with van der Waals surface area (Å²) in [5.41, 5.74) is 0. The Kier molecular flexibility index (Phi) is 6.20. The van der Waals surface area contributed by atoms with Crippen molar-refractivity contribution in [2.75, 3.05) is 26.3 Å². The summed E-state index contributed by atoms with van der Waals surface area (Å²) in [4.78, 5) is 0. The quantitative estimate of drug-likeness (QED) is 0.663. The first-order chi connectivity index (χ1) is 6.79. The SMILES string of the molecule is CC(C)CCOCCC1CCCNC1. The number of piperidine rings is 1. The summed E-state index contributed by atoms with van der Waals surface area (Å²) in [6.45, 7) is 8.80. The Balaban J connectivity index is 1.87. The number of hydrogen-bond donors (Lipinski definition) is 1. The highest BCUT2D eigenvalue weighted by Gasteiger charge is 2.11. The molecule has 0 aromatic rings. The Bertz CT molecular complexity index is 130. The predicted molar refractivity (Wildman–Crippen MR) is 60.5 cm³/mol. The number of rotatable bonds is 6. The van der Waals surface area contributed by atoms with E-state index in [2.05, 4.69) is 19.2 Å². The van der Waals surface area contributed by atoms with Crippen molar-refractivity contribution in [1.29, 1.82) is 0 Å². The van der Waals surface area contributed by atoms with Crippen LogP contribution in [0.3, 0.4) is 0 Å². The molecule has 0 saturated carbocycles. The Hall–Kier alpha value is -0.0800. The summed E-state index contributed by atoms with van der Waals surface area (Å²) >= 11 is 0. The second-order valence-electron chi connectivity index (χ2n) is 4.80. The van der Waals surface area contributed by atoms with Crippen LogP contribution in [0.1, 0.15) is 39.5 Å². The number of ether oxygens (including phenoxy) is 1. The molecule has 1 atom stereocenters. The van der Waals surface area contributed by atoms with E-state index in [0.717, 1.165) is 25.0 Å². The van der Waals surface area contributed by atoms with Crippen LogP contribution in [0.25, 0.3) is 0 Å². The van der Waals surface area contributed by atoms with Gasteiger partial charge in [0, 0.05) is 13.2 Å². The van der Waals surface area contributed by atoms with Crippen LogP contribution in [0.15, 0.2) is 0 Å². The maximum absolute atomic E-state index is 5.62. The molecule has 0 aromatic carbocycles. The zero-order valence-corrected chi connectivity index (χ0v) is 9.72. The van der Waals surface area contributed by atoms with Crippen LogP contribution >= 0.6 is 0 Å². The van der Waals surface area contributed by atoms with Gasteiger partial charge in [0.1, 0.15) is 0 Å². The average molecular weight is 199 g/mol. The number of hydrogen-bond acceptors (Lipinski definition) is 2. The van der Waals surface area contributed by atoms with Gasteiger partial charge in [-0.15, -0.1) is 0 Å². The van der Waals surface area contributed by atoms with Crippen LogP contribution in [0, 0.1) is 11.8 Å². The van der Waals surface area contributed by atoms with Gasteiger partial charge in [-0.1, -0.05) is 13.8 Å². The monoisotopic (exact) mass is 199 g/mol. The molecular formula is C12H25NO. The fraction of sp³-hybridized carbons (Fsp3) is 1.00. The highest BCUT2D eigenvalue weighted by atomic mass is 16.5. The molecule has 1 rings (SSSR count). The number of nitrogens with one attached hydrogen (secondary N) is 1. The third-order valence-electron chi connectivity index (χ3n) is 2.91. The topological polar surface area (TPSA) is 21.3 Å². The van der Waals surface area contributed by atoms with Crippen molar-refractivity contribution < 1.29 is 4.74 Å². The van der Waals surface area contributed by atoms with Gasteiger partial charge in [0.05, 0.1) is 0 Å². The van der Waals surface area contributed by atoms with Crippen LogP contribution in [-0.2, 0) is 4.74 Å². The minimum absolute atomic E-state index is 0.770. The average Bonchev–Trinajstić information content (AvgIpc) is 2.18. The summed E-state index contributed by atoms with van der Waals surface area (Å²) < 4.78 is 5.62. The first-order valence-electron chi connectivity index (χ1n) is 6.07. The van der Waals surface area contributed by atoms with Crippen molar-refractivity contribution in [1.82, 2.24) is 5.32 Å². The van der Waals surface area contributed by atoms with Gasteiger partial charge < -0.3 is 10.1 Å². The molecule has 1 fully saturated rings. The van der Waals surface area contributed by atoms with Gasteiger partial charge >= 0.3 is 0 Å². The van der Waals surface area contributed by atoms with Gasteiger partial charge in [-0.2, -0.15) is 0 Å². The molecule has 84 valence electrons. The minimum Gasteiger partial charge on any atom is -0.381 e. The normalized spacial score (nSPS) is 22.9. The van der Waals surface area contributed by atoms with Gasteiger partial charge in [-0.25, -0.2) is 0 Å². The van der Waals surface area contributed by atoms with Gasteiger partial charge in [0.15, 0.2) is 0 Å². The van der Waals surface area contributed by atoms with Gasteiger partial charge in [-0.05, 0) is 50.6 Å². The van der Waals surface area contributed by atoms with Gasteiger partial charge in [0.2, 0.25) is 0 Å². The molecule has 0 amide bonds. The van der Waals surface area contributed by atoms with E-state index < -0.39 is 0 Å². The lowest BCUT2D eigenvalue weighted by Crippen LogP contribution is -2.30. The van der Waals surface area contributed by atoms with Gasteiger partial charge in [-0.3, -0.25) is 0 Å². The highest BCUT2D eigenvalue weighted by Crippen LogP contribution is 2.13. The van der Waals surface area contributed by atoms with E-state index in [1.54, 1.807) is 0 Å².